The van der Waals surface area contributed by atoms with Gasteiger partial charge in [-0.1, -0.05) is 26.2 Å². The van der Waals surface area contributed by atoms with Crippen molar-refractivity contribution >= 4 is 21.2 Å². The third-order valence-electron chi connectivity index (χ3n) is 3.87. The number of hydrogen-bond acceptors (Lipinski definition) is 5. The molecule has 0 bridgehead atoms. The van der Waals surface area contributed by atoms with Crippen molar-refractivity contribution in [3.05, 3.63) is 28.3 Å². The molecule has 0 amide bonds. The van der Waals surface area contributed by atoms with E-state index < -0.39 is 14.8 Å². The Morgan fingerprint density at radius 1 is 1.29 bits per heavy atom. The average Bonchev–Trinajstić information content (AvgIpc) is 2.48. The molecule has 0 saturated heterocycles. The summed E-state index contributed by atoms with van der Waals surface area (Å²) in [5.74, 6) is -0.0699. The maximum Gasteiger partial charge on any atom is 0.293 e. The lowest BCUT2D eigenvalue weighted by molar-refractivity contribution is -0.384. The number of nitrogens with one attached hydrogen (secondary N) is 1. The molecule has 1 N–H and O–H groups in total. The molecular formula is C14H20N2O4S. The van der Waals surface area contributed by atoms with Gasteiger partial charge in [-0.3, -0.25) is 10.1 Å². The highest BCUT2D eigenvalue weighted by Crippen LogP contribution is 2.30. The third-order valence-corrected chi connectivity index (χ3v) is 5.60. The molecular weight excluding hydrogens is 292 g/mol. The van der Waals surface area contributed by atoms with Gasteiger partial charge in [-0.2, -0.15) is 0 Å². The van der Waals surface area contributed by atoms with E-state index in [-0.39, 0.29) is 22.4 Å². The van der Waals surface area contributed by atoms with E-state index >= 15 is 0 Å². The van der Waals surface area contributed by atoms with E-state index in [1.807, 2.05) is 0 Å². The molecule has 0 aliphatic heterocycles. The van der Waals surface area contributed by atoms with Crippen molar-refractivity contribution in [1.29, 1.82) is 0 Å². The number of hydrogen-bond donors (Lipinski definition) is 1. The standard InChI is InChI=1S/C14H20N2O4S/c1-2-21(19,20)12-8-9-13(14(10-12)16(17)18)15-11-6-4-3-5-7-11/h8-11,15H,2-7H2,1H3. The summed E-state index contributed by atoms with van der Waals surface area (Å²) in [6.45, 7) is 1.52. The van der Waals surface area contributed by atoms with E-state index in [1.54, 1.807) is 0 Å². The smallest absolute Gasteiger partial charge is 0.293 e. The fraction of sp³-hybridized carbons (Fsp3) is 0.571. The van der Waals surface area contributed by atoms with Crippen molar-refractivity contribution in [3.8, 4) is 0 Å². The van der Waals surface area contributed by atoms with Gasteiger partial charge in [-0.15, -0.1) is 0 Å². The topological polar surface area (TPSA) is 89.3 Å². The summed E-state index contributed by atoms with van der Waals surface area (Å²) in [6, 6.07) is 4.34. The molecule has 0 spiro atoms. The largest absolute Gasteiger partial charge is 0.377 e. The Morgan fingerprint density at radius 3 is 2.52 bits per heavy atom. The molecule has 1 aliphatic rings. The zero-order valence-electron chi connectivity index (χ0n) is 12.0. The molecule has 7 heteroatoms. The molecule has 116 valence electrons. The number of nitro benzene ring substituents is 1. The highest BCUT2D eigenvalue weighted by molar-refractivity contribution is 7.91. The fourth-order valence-corrected chi connectivity index (χ4v) is 3.51. The van der Waals surface area contributed by atoms with Crippen molar-refractivity contribution in [2.24, 2.45) is 0 Å². The maximum absolute atomic E-state index is 11.8. The van der Waals surface area contributed by atoms with E-state index in [2.05, 4.69) is 5.32 Å². The van der Waals surface area contributed by atoms with Gasteiger partial charge in [0.2, 0.25) is 0 Å². The highest BCUT2D eigenvalue weighted by Gasteiger charge is 2.22. The molecule has 1 aromatic rings. The second-order valence-corrected chi connectivity index (χ2v) is 7.60. The van der Waals surface area contributed by atoms with Crippen molar-refractivity contribution < 1.29 is 13.3 Å². The maximum atomic E-state index is 11.8. The van der Waals surface area contributed by atoms with Gasteiger partial charge in [0.05, 0.1) is 15.6 Å². The van der Waals surface area contributed by atoms with E-state index in [1.165, 1.54) is 25.5 Å². The zero-order valence-corrected chi connectivity index (χ0v) is 12.9. The second-order valence-electron chi connectivity index (χ2n) is 5.32. The van der Waals surface area contributed by atoms with E-state index in [4.69, 9.17) is 0 Å². The fourth-order valence-electron chi connectivity index (χ4n) is 2.61. The molecule has 0 unspecified atom stereocenters. The Morgan fingerprint density at radius 2 is 1.95 bits per heavy atom. The van der Waals surface area contributed by atoms with E-state index in [0.717, 1.165) is 31.7 Å². The predicted octanol–water partition coefficient (Wildman–Crippen LogP) is 3.13. The molecule has 0 aromatic heterocycles. The van der Waals surface area contributed by atoms with Crippen molar-refractivity contribution in [1.82, 2.24) is 0 Å². The molecule has 0 atom stereocenters. The normalized spacial score (nSPS) is 16.6. The molecule has 0 heterocycles. The number of nitrogens with zero attached hydrogens (tertiary/aromatic N) is 1. The van der Waals surface area contributed by atoms with Crippen LogP contribution in [-0.4, -0.2) is 25.1 Å². The minimum absolute atomic E-state index is 0.00546. The van der Waals surface area contributed by atoms with Crippen LogP contribution in [0.2, 0.25) is 0 Å². The molecule has 1 fully saturated rings. The van der Waals surface area contributed by atoms with Crippen LogP contribution in [0, 0.1) is 10.1 Å². The zero-order chi connectivity index (χ0) is 15.5. The Hall–Kier alpha value is -1.63. The number of benzene rings is 1. The van der Waals surface area contributed by atoms with Gasteiger partial charge in [0.1, 0.15) is 5.69 Å². The van der Waals surface area contributed by atoms with Gasteiger partial charge >= 0.3 is 0 Å². The summed E-state index contributed by atoms with van der Waals surface area (Å²) < 4.78 is 23.7. The van der Waals surface area contributed by atoms with Crippen molar-refractivity contribution in [2.45, 2.75) is 50.0 Å². The minimum Gasteiger partial charge on any atom is -0.377 e. The quantitative estimate of drug-likeness (QED) is 0.666. The van der Waals surface area contributed by atoms with Gasteiger partial charge in [-0.05, 0) is 25.0 Å². The molecule has 1 aromatic carbocycles. The number of sulfone groups is 1. The molecule has 1 saturated carbocycles. The molecule has 21 heavy (non-hydrogen) atoms. The van der Waals surface area contributed by atoms with Crippen LogP contribution in [0.1, 0.15) is 39.0 Å². The first-order chi connectivity index (χ1) is 9.94. The molecule has 6 nitrogen and oxygen atoms in total. The van der Waals surface area contributed by atoms with E-state index in [0.29, 0.717) is 5.69 Å². The first-order valence-electron chi connectivity index (χ1n) is 7.22. The van der Waals surface area contributed by atoms with Crippen LogP contribution in [0.5, 0.6) is 0 Å². The van der Waals surface area contributed by atoms with E-state index in [9.17, 15) is 18.5 Å². The molecule has 2 rings (SSSR count). The summed E-state index contributed by atoms with van der Waals surface area (Å²) in [4.78, 5) is 10.7. The van der Waals surface area contributed by atoms with Crippen LogP contribution in [0.4, 0.5) is 11.4 Å². The monoisotopic (exact) mass is 312 g/mol. The van der Waals surface area contributed by atoms with Gasteiger partial charge in [0, 0.05) is 12.1 Å². The summed E-state index contributed by atoms with van der Waals surface area (Å²) in [5.41, 5.74) is 0.233. The predicted molar refractivity (Wildman–Crippen MR) is 81.3 cm³/mol. The van der Waals surface area contributed by atoms with Crippen LogP contribution in [0.3, 0.4) is 0 Å². The van der Waals surface area contributed by atoms with Gasteiger partial charge in [0.25, 0.3) is 5.69 Å². The average molecular weight is 312 g/mol. The van der Waals surface area contributed by atoms with Crippen LogP contribution in [0.25, 0.3) is 0 Å². The second kappa shape index (κ2) is 6.43. The Labute approximate surface area is 124 Å². The summed E-state index contributed by atoms with van der Waals surface area (Å²) in [5, 5.41) is 14.4. The summed E-state index contributed by atoms with van der Waals surface area (Å²) >= 11 is 0. The van der Waals surface area contributed by atoms with Crippen LogP contribution in [-0.2, 0) is 9.84 Å². The highest BCUT2D eigenvalue weighted by atomic mass is 32.2. The Bertz CT molecular complexity index is 622. The Balaban J connectivity index is 2.31. The lowest BCUT2D eigenvalue weighted by Gasteiger charge is -2.23. The number of rotatable bonds is 5. The summed E-state index contributed by atoms with van der Waals surface area (Å²) in [7, 11) is -3.44. The minimum atomic E-state index is -3.44. The lowest BCUT2D eigenvalue weighted by atomic mass is 9.95. The molecule has 1 aliphatic carbocycles. The van der Waals surface area contributed by atoms with Crippen LogP contribution < -0.4 is 5.32 Å². The van der Waals surface area contributed by atoms with Gasteiger partial charge < -0.3 is 5.32 Å². The van der Waals surface area contributed by atoms with Gasteiger partial charge in [0.15, 0.2) is 9.84 Å². The van der Waals surface area contributed by atoms with Crippen molar-refractivity contribution in [2.75, 3.05) is 11.1 Å². The van der Waals surface area contributed by atoms with Gasteiger partial charge in [-0.25, -0.2) is 8.42 Å². The molecule has 0 radical (unpaired) electrons. The number of nitro groups is 1. The first kappa shape index (κ1) is 15.8. The van der Waals surface area contributed by atoms with Crippen LogP contribution >= 0.6 is 0 Å². The Kier molecular flexibility index (Phi) is 4.82. The SMILES string of the molecule is CCS(=O)(=O)c1ccc(NC2CCCCC2)c([N+](=O)[O-])c1. The van der Waals surface area contributed by atoms with Crippen molar-refractivity contribution in [3.63, 3.8) is 0 Å². The van der Waals surface area contributed by atoms with Crippen LogP contribution in [0.15, 0.2) is 23.1 Å². The number of anilines is 1. The third kappa shape index (κ3) is 3.72. The summed E-state index contributed by atoms with van der Waals surface area (Å²) in [6.07, 6.45) is 5.42. The first-order valence-corrected chi connectivity index (χ1v) is 8.87. The lowest BCUT2D eigenvalue weighted by Crippen LogP contribution is -2.22.